The molecule has 0 N–H and O–H groups in total. The van der Waals surface area contributed by atoms with E-state index in [4.69, 9.17) is 9.84 Å². The van der Waals surface area contributed by atoms with Crippen molar-refractivity contribution in [3.8, 4) is 22.8 Å². The van der Waals surface area contributed by atoms with Crippen LogP contribution in [-0.2, 0) is 4.79 Å². The lowest BCUT2D eigenvalue weighted by Crippen LogP contribution is -2.18. The van der Waals surface area contributed by atoms with Gasteiger partial charge in [0.15, 0.2) is 0 Å². The summed E-state index contributed by atoms with van der Waals surface area (Å²) >= 11 is 0. The van der Waals surface area contributed by atoms with E-state index in [1.807, 2.05) is 48.5 Å². The third kappa shape index (κ3) is 5.38. The molecular weight excluding hydrogens is 372 g/mol. The summed E-state index contributed by atoms with van der Waals surface area (Å²) in [6.45, 7) is 12.8. The number of ether oxygens (including phenoxy) is 1. The van der Waals surface area contributed by atoms with Gasteiger partial charge in [-0.25, -0.2) is 0 Å². The first-order valence-corrected chi connectivity index (χ1v) is 10.6. The van der Waals surface area contributed by atoms with Crippen LogP contribution in [0.3, 0.4) is 0 Å². The Labute approximate surface area is 179 Å². The van der Waals surface area contributed by atoms with Crippen LogP contribution in [0.5, 0.6) is 5.88 Å². The second-order valence-electron chi connectivity index (χ2n) is 9.41. The Morgan fingerprint density at radius 3 is 2.43 bits per heavy atom. The zero-order valence-electron chi connectivity index (χ0n) is 18.9. The summed E-state index contributed by atoms with van der Waals surface area (Å²) in [5.74, 6) is 0.483. The van der Waals surface area contributed by atoms with E-state index in [9.17, 15) is 4.79 Å². The highest BCUT2D eigenvalue weighted by Crippen LogP contribution is 2.30. The molecule has 0 aliphatic rings. The normalized spacial score (nSPS) is 12.6. The van der Waals surface area contributed by atoms with Gasteiger partial charge in [-0.1, -0.05) is 70.2 Å². The number of benzene rings is 2. The zero-order valence-corrected chi connectivity index (χ0v) is 18.9. The number of rotatable bonds is 6. The van der Waals surface area contributed by atoms with Gasteiger partial charge in [-0.2, -0.15) is 9.78 Å². The van der Waals surface area contributed by atoms with Crippen molar-refractivity contribution in [2.75, 3.05) is 0 Å². The second-order valence-corrected chi connectivity index (χ2v) is 9.41. The van der Waals surface area contributed by atoms with Gasteiger partial charge in [0.1, 0.15) is 0 Å². The van der Waals surface area contributed by atoms with Gasteiger partial charge in [-0.15, -0.1) is 0 Å². The lowest BCUT2D eigenvalue weighted by Gasteiger charge is -2.22. The Hall–Kier alpha value is -2.88. The van der Waals surface area contributed by atoms with Crippen molar-refractivity contribution in [1.29, 1.82) is 0 Å². The number of nitrogens with zero attached hydrogens (tertiary/aromatic N) is 2. The van der Waals surface area contributed by atoms with Gasteiger partial charge < -0.3 is 4.74 Å². The average Bonchev–Trinajstić information content (AvgIpc) is 3.06. The van der Waals surface area contributed by atoms with Crippen LogP contribution in [0, 0.1) is 25.2 Å². The van der Waals surface area contributed by atoms with Crippen LogP contribution in [0.1, 0.15) is 51.7 Å². The predicted molar refractivity (Wildman–Crippen MR) is 122 cm³/mol. The van der Waals surface area contributed by atoms with Crippen LogP contribution in [0.25, 0.3) is 16.9 Å². The summed E-state index contributed by atoms with van der Waals surface area (Å²) in [6, 6.07) is 17.9. The van der Waals surface area contributed by atoms with Gasteiger partial charge in [-0.05, 0) is 48.8 Å². The molecule has 1 heterocycles. The molecule has 0 aliphatic heterocycles. The molecule has 3 aromatic rings. The smallest absolute Gasteiger partial charge is 0.312 e. The van der Waals surface area contributed by atoms with Crippen LogP contribution >= 0.6 is 0 Å². The largest absolute Gasteiger partial charge is 0.407 e. The Morgan fingerprint density at radius 2 is 1.77 bits per heavy atom. The first-order chi connectivity index (χ1) is 14.1. The van der Waals surface area contributed by atoms with E-state index in [1.54, 1.807) is 4.68 Å². The van der Waals surface area contributed by atoms with Crippen molar-refractivity contribution in [1.82, 2.24) is 9.78 Å². The maximum absolute atomic E-state index is 12.7. The Bertz CT molecular complexity index is 1010. The van der Waals surface area contributed by atoms with Crippen LogP contribution in [0.4, 0.5) is 0 Å². The molecule has 1 atom stereocenters. The highest BCUT2D eigenvalue weighted by molar-refractivity contribution is 5.73. The Morgan fingerprint density at radius 1 is 1.07 bits per heavy atom. The molecular formula is C26H32N2O2. The van der Waals surface area contributed by atoms with E-state index in [0.717, 1.165) is 28.9 Å². The van der Waals surface area contributed by atoms with Crippen molar-refractivity contribution in [3.63, 3.8) is 0 Å². The highest BCUT2D eigenvalue weighted by Gasteiger charge is 2.21. The highest BCUT2D eigenvalue weighted by atomic mass is 16.5. The van der Waals surface area contributed by atoms with Crippen LogP contribution in [-0.4, -0.2) is 15.7 Å². The second kappa shape index (κ2) is 8.86. The molecule has 0 saturated carbocycles. The molecule has 0 radical (unpaired) electrons. The SMILES string of the molecule is Cc1cccc(-n2nc(-c3ccccc3)cc2OC(=O)C[C@@H](C)CC(C)(C)C)c1C. The minimum absolute atomic E-state index is 0.181. The molecule has 4 nitrogen and oxygen atoms in total. The van der Waals surface area contributed by atoms with E-state index in [2.05, 4.69) is 47.6 Å². The van der Waals surface area contributed by atoms with Gasteiger partial charge in [0.05, 0.1) is 11.4 Å². The van der Waals surface area contributed by atoms with Crippen LogP contribution < -0.4 is 4.74 Å². The number of hydrogen-bond donors (Lipinski definition) is 0. The standard InChI is InChI=1S/C26H32N2O2/c1-18(17-26(4,5)6)15-25(29)30-24-16-22(21-12-8-7-9-13-21)27-28(24)23-14-10-11-19(2)20(23)3/h7-14,16,18H,15,17H2,1-6H3/t18-/m1/s1. The van der Waals surface area contributed by atoms with Gasteiger partial charge >= 0.3 is 5.97 Å². The molecule has 0 unspecified atom stereocenters. The van der Waals surface area contributed by atoms with Crippen molar-refractivity contribution < 1.29 is 9.53 Å². The Kier molecular flexibility index (Phi) is 6.45. The number of aryl methyl sites for hydroxylation is 1. The summed E-state index contributed by atoms with van der Waals surface area (Å²) in [4.78, 5) is 12.7. The third-order valence-electron chi connectivity index (χ3n) is 5.24. The minimum Gasteiger partial charge on any atom is -0.407 e. The fourth-order valence-electron chi connectivity index (χ4n) is 3.88. The van der Waals surface area contributed by atoms with Crippen molar-refractivity contribution in [2.45, 2.75) is 54.4 Å². The molecule has 0 aliphatic carbocycles. The Balaban J connectivity index is 1.93. The molecule has 4 heteroatoms. The molecule has 0 bridgehead atoms. The maximum atomic E-state index is 12.7. The zero-order chi connectivity index (χ0) is 21.9. The van der Waals surface area contributed by atoms with Gasteiger partial charge in [0, 0.05) is 18.1 Å². The number of aromatic nitrogens is 2. The predicted octanol–water partition coefficient (Wildman–Crippen LogP) is 6.52. The summed E-state index contributed by atoms with van der Waals surface area (Å²) < 4.78 is 7.59. The molecule has 0 spiro atoms. The van der Waals surface area contributed by atoms with E-state index in [0.29, 0.717) is 12.3 Å². The first kappa shape index (κ1) is 21.8. The van der Waals surface area contributed by atoms with Crippen molar-refractivity contribution >= 4 is 5.97 Å². The molecule has 3 rings (SSSR count). The lowest BCUT2D eigenvalue weighted by atomic mass is 9.84. The van der Waals surface area contributed by atoms with Crippen LogP contribution in [0.2, 0.25) is 0 Å². The van der Waals surface area contributed by atoms with Crippen molar-refractivity contribution in [3.05, 3.63) is 65.7 Å². The monoisotopic (exact) mass is 404 g/mol. The fourth-order valence-corrected chi connectivity index (χ4v) is 3.88. The number of esters is 1. The molecule has 1 aromatic heterocycles. The lowest BCUT2D eigenvalue weighted by molar-refractivity contribution is -0.135. The van der Waals surface area contributed by atoms with E-state index in [-0.39, 0.29) is 17.3 Å². The number of hydrogen-bond acceptors (Lipinski definition) is 3. The number of carbonyl (C=O) groups is 1. The fraction of sp³-hybridized carbons (Fsp3) is 0.385. The van der Waals surface area contributed by atoms with E-state index >= 15 is 0 Å². The summed E-state index contributed by atoms with van der Waals surface area (Å²) in [5, 5.41) is 4.78. The summed E-state index contributed by atoms with van der Waals surface area (Å²) in [7, 11) is 0. The third-order valence-corrected chi connectivity index (χ3v) is 5.24. The molecule has 0 amide bonds. The first-order valence-electron chi connectivity index (χ1n) is 10.6. The van der Waals surface area contributed by atoms with Gasteiger partial charge in [-0.3, -0.25) is 4.79 Å². The summed E-state index contributed by atoms with van der Waals surface area (Å²) in [6.07, 6.45) is 1.35. The summed E-state index contributed by atoms with van der Waals surface area (Å²) in [5.41, 5.74) is 5.14. The molecule has 0 fully saturated rings. The van der Waals surface area contributed by atoms with E-state index < -0.39 is 0 Å². The van der Waals surface area contributed by atoms with Crippen molar-refractivity contribution in [2.24, 2.45) is 11.3 Å². The average molecular weight is 405 g/mol. The quantitative estimate of drug-likeness (QED) is 0.439. The maximum Gasteiger partial charge on any atom is 0.312 e. The molecule has 0 saturated heterocycles. The minimum atomic E-state index is -0.224. The number of carbonyl (C=O) groups excluding carboxylic acids is 1. The molecule has 2 aromatic carbocycles. The van der Waals surface area contributed by atoms with E-state index in [1.165, 1.54) is 5.56 Å². The molecule has 158 valence electrons. The van der Waals surface area contributed by atoms with Gasteiger partial charge in [0.2, 0.25) is 5.88 Å². The topological polar surface area (TPSA) is 44.1 Å². The van der Waals surface area contributed by atoms with Crippen LogP contribution in [0.15, 0.2) is 54.6 Å². The molecule has 30 heavy (non-hydrogen) atoms. The van der Waals surface area contributed by atoms with Gasteiger partial charge in [0.25, 0.3) is 0 Å².